The Labute approximate surface area is 125 Å². The summed E-state index contributed by atoms with van der Waals surface area (Å²) in [5, 5.41) is 4.47. The second kappa shape index (κ2) is 5.03. The zero-order valence-electron chi connectivity index (χ0n) is 11.9. The molecule has 4 aromatic rings. The number of nitrogens with zero attached hydrogens (tertiary/aromatic N) is 4. The predicted molar refractivity (Wildman–Crippen MR) is 83.5 cm³/mol. The van der Waals surface area contributed by atoms with Gasteiger partial charge in [-0.2, -0.15) is 4.73 Å². The van der Waals surface area contributed by atoms with Gasteiger partial charge in [0, 0.05) is 23.7 Å². The highest BCUT2D eigenvalue weighted by Crippen LogP contribution is 2.22. The van der Waals surface area contributed by atoms with Gasteiger partial charge in [0.1, 0.15) is 19.0 Å². The maximum atomic E-state index is 5.37. The SMILES string of the molecule is COn1cc(CNc2ncnc3nc[nH]c23)c2ccccc21. The minimum absolute atomic E-state index is 0.627. The van der Waals surface area contributed by atoms with Gasteiger partial charge in [0.05, 0.1) is 11.8 Å². The molecule has 7 nitrogen and oxygen atoms in total. The molecule has 0 saturated carbocycles. The summed E-state index contributed by atoms with van der Waals surface area (Å²) in [6, 6.07) is 8.12. The molecule has 0 bridgehead atoms. The fourth-order valence-electron chi connectivity index (χ4n) is 2.59. The van der Waals surface area contributed by atoms with Crippen molar-refractivity contribution in [2.24, 2.45) is 0 Å². The largest absolute Gasteiger partial charge is 0.417 e. The second-order valence-electron chi connectivity index (χ2n) is 4.86. The molecule has 0 unspecified atom stereocenters. The monoisotopic (exact) mass is 294 g/mol. The lowest BCUT2D eigenvalue weighted by molar-refractivity contribution is 0.179. The Morgan fingerprint density at radius 1 is 1.23 bits per heavy atom. The van der Waals surface area contributed by atoms with Crippen LogP contribution < -0.4 is 10.2 Å². The minimum atomic E-state index is 0.627. The van der Waals surface area contributed by atoms with Crippen molar-refractivity contribution in [2.45, 2.75) is 6.54 Å². The molecule has 2 N–H and O–H groups in total. The smallest absolute Gasteiger partial charge is 0.182 e. The van der Waals surface area contributed by atoms with E-state index in [0.29, 0.717) is 12.2 Å². The minimum Gasteiger partial charge on any atom is -0.417 e. The Bertz CT molecular complexity index is 941. The molecule has 3 heterocycles. The molecule has 0 aliphatic rings. The summed E-state index contributed by atoms with van der Waals surface area (Å²) in [7, 11) is 1.65. The van der Waals surface area contributed by atoms with Gasteiger partial charge in [0.25, 0.3) is 0 Å². The van der Waals surface area contributed by atoms with Gasteiger partial charge in [-0.15, -0.1) is 0 Å². The first-order valence-electron chi connectivity index (χ1n) is 6.88. The average molecular weight is 294 g/mol. The van der Waals surface area contributed by atoms with E-state index in [2.05, 4.69) is 31.3 Å². The van der Waals surface area contributed by atoms with Gasteiger partial charge in [-0.3, -0.25) is 0 Å². The Hall–Kier alpha value is -3.09. The molecule has 0 atom stereocenters. The van der Waals surface area contributed by atoms with Crippen molar-refractivity contribution in [1.29, 1.82) is 0 Å². The standard InChI is InChI=1S/C15H14N6O/c1-22-21-7-10(11-4-2-3-5-12(11)21)6-16-14-13-15(18-8-17-13)20-9-19-14/h2-5,7-9H,6H2,1H3,(H2,16,17,18,19,20). The molecule has 0 fully saturated rings. The number of hydrogen-bond acceptors (Lipinski definition) is 5. The number of hydrogen-bond donors (Lipinski definition) is 2. The van der Waals surface area contributed by atoms with Crippen molar-refractivity contribution < 1.29 is 4.84 Å². The van der Waals surface area contributed by atoms with Gasteiger partial charge in [0.15, 0.2) is 11.5 Å². The summed E-state index contributed by atoms with van der Waals surface area (Å²) in [5.74, 6) is 0.733. The van der Waals surface area contributed by atoms with Crippen LogP contribution >= 0.6 is 0 Å². The Balaban J connectivity index is 1.68. The molecule has 0 amide bonds. The molecule has 22 heavy (non-hydrogen) atoms. The molecular formula is C15H14N6O. The first-order valence-corrected chi connectivity index (χ1v) is 6.88. The number of aromatic amines is 1. The van der Waals surface area contributed by atoms with Gasteiger partial charge in [-0.1, -0.05) is 18.2 Å². The maximum Gasteiger partial charge on any atom is 0.182 e. The van der Waals surface area contributed by atoms with E-state index in [1.807, 2.05) is 24.4 Å². The van der Waals surface area contributed by atoms with Crippen LogP contribution in [0, 0.1) is 0 Å². The molecule has 110 valence electrons. The van der Waals surface area contributed by atoms with Gasteiger partial charge in [-0.05, 0) is 6.07 Å². The molecule has 7 heteroatoms. The van der Waals surface area contributed by atoms with Gasteiger partial charge in [-0.25, -0.2) is 15.0 Å². The lowest BCUT2D eigenvalue weighted by Gasteiger charge is -2.04. The van der Waals surface area contributed by atoms with Crippen molar-refractivity contribution in [1.82, 2.24) is 24.7 Å². The molecule has 1 aromatic carbocycles. The third-order valence-corrected chi connectivity index (χ3v) is 3.63. The molecule has 0 aliphatic heterocycles. The Morgan fingerprint density at radius 3 is 3.05 bits per heavy atom. The van der Waals surface area contributed by atoms with Crippen LogP contribution in [0.3, 0.4) is 0 Å². The van der Waals surface area contributed by atoms with Crippen molar-refractivity contribution >= 4 is 27.9 Å². The number of imidazole rings is 1. The third kappa shape index (κ3) is 1.95. The van der Waals surface area contributed by atoms with Gasteiger partial charge >= 0.3 is 0 Å². The van der Waals surface area contributed by atoms with Crippen LogP contribution in [0.15, 0.2) is 43.1 Å². The van der Waals surface area contributed by atoms with Crippen LogP contribution in [0.2, 0.25) is 0 Å². The summed E-state index contributed by atoms with van der Waals surface area (Å²) < 4.78 is 1.76. The fourth-order valence-corrected chi connectivity index (χ4v) is 2.59. The van der Waals surface area contributed by atoms with Crippen molar-refractivity contribution in [3.05, 3.63) is 48.7 Å². The van der Waals surface area contributed by atoms with E-state index in [1.165, 1.54) is 6.33 Å². The molecule has 0 spiro atoms. The predicted octanol–water partition coefficient (Wildman–Crippen LogP) is 1.98. The van der Waals surface area contributed by atoms with Crippen molar-refractivity contribution in [2.75, 3.05) is 12.4 Å². The third-order valence-electron chi connectivity index (χ3n) is 3.63. The van der Waals surface area contributed by atoms with Crippen LogP contribution in [-0.2, 0) is 6.54 Å². The van der Waals surface area contributed by atoms with Crippen molar-refractivity contribution in [3.63, 3.8) is 0 Å². The van der Waals surface area contributed by atoms with E-state index in [4.69, 9.17) is 4.84 Å². The van der Waals surface area contributed by atoms with Crippen LogP contribution in [-0.4, -0.2) is 31.8 Å². The lowest BCUT2D eigenvalue weighted by Crippen LogP contribution is -2.04. The molecule has 3 aromatic heterocycles. The van der Waals surface area contributed by atoms with E-state index >= 15 is 0 Å². The summed E-state index contributed by atoms with van der Waals surface area (Å²) in [6.45, 7) is 0.627. The number of para-hydroxylation sites is 1. The van der Waals surface area contributed by atoms with Crippen LogP contribution in [0.25, 0.3) is 22.1 Å². The van der Waals surface area contributed by atoms with Gasteiger partial charge < -0.3 is 15.1 Å². The number of H-pyrrole nitrogens is 1. The summed E-state index contributed by atoms with van der Waals surface area (Å²) >= 11 is 0. The molecular weight excluding hydrogens is 280 g/mol. The number of aromatic nitrogens is 5. The van der Waals surface area contributed by atoms with E-state index in [-0.39, 0.29) is 0 Å². The van der Waals surface area contributed by atoms with Crippen LogP contribution in [0.1, 0.15) is 5.56 Å². The number of nitrogens with one attached hydrogen (secondary N) is 2. The number of rotatable bonds is 4. The highest BCUT2D eigenvalue weighted by Gasteiger charge is 2.10. The van der Waals surface area contributed by atoms with E-state index in [9.17, 15) is 0 Å². The number of benzene rings is 1. The first kappa shape index (κ1) is 12.6. The lowest BCUT2D eigenvalue weighted by atomic mass is 10.2. The zero-order valence-corrected chi connectivity index (χ0v) is 11.9. The van der Waals surface area contributed by atoms with E-state index in [1.54, 1.807) is 18.2 Å². The topological polar surface area (TPSA) is 80.7 Å². The summed E-state index contributed by atoms with van der Waals surface area (Å²) in [5.41, 5.74) is 3.62. The molecule has 0 saturated heterocycles. The summed E-state index contributed by atoms with van der Waals surface area (Å²) in [4.78, 5) is 20.9. The highest BCUT2D eigenvalue weighted by atomic mass is 16.6. The molecule has 4 rings (SSSR count). The quantitative estimate of drug-likeness (QED) is 0.601. The molecule has 0 aliphatic carbocycles. The molecule has 0 radical (unpaired) electrons. The van der Waals surface area contributed by atoms with E-state index < -0.39 is 0 Å². The fraction of sp³-hybridized carbons (Fsp3) is 0.133. The second-order valence-corrected chi connectivity index (χ2v) is 4.86. The zero-order chi connectivity index (χ0) is 14.9. The van der Waals surface area contributed by atoms with Crippen LogP contribution in [0.4, 0.5) is 5.82 Å². The normalized spacial score (nSPS) is 11.1. The number of fused-ring (bicyclic) bond motifs is 2. The first-order chi connectivity index (χ1) is 10.9. The van der Waals surface area contributed by atoms with Crippen molar-refractivity contribution in [3.8, 4) is 0 Å². The van der Waals surface area contributed by atoms with E-state index in [0.717, 1.165) is 27.8 Å². The maximum absolute atomic E-state index is 5.37. The average Bonchev–Trinajstić information content (AvgIpc) is 3.17. The highest BCUT2D eigenvalue weighted by molar-refractivity contribution is 5.85. The Kier molecular flexibility index (Phi) is 2.89. The summed E-state index contributed by atoms with van der Waals surface area (Å²) in [6.07, 6.45) is 5.09. The Morgan fingerprint density at radius 2 is 2.14 bits per heavy atom. The number of anilines is 1. The van der Waals surface area contributed by atoms with Gasteiger partial charge in [0.2, 0.25) is 0 Å². The van der Waals surface area contributed by atoms with Crippen LogP contribution in [0.5, 0.6) is 0 Å².